The lowest BCUT2D eigenvalue weighted by atomic mass is 9.90. The average molecular weight is 334 g/mol. The first kappa shape index (κ1) is 17.3. The molecule has 2 aliphatic rings. The number of hydrazine groups is 1. The molecule has 132 valence electrons. The second-order valence-corrected chi connectivity index (χ2v) is 6.79. The number of halogens is 1. The summed E-state index contributed by atoms with van der Waals surface area (Å²) in [7, 11) is 1.97. The van der Waals surface area contributed by atoms with E-state index < -0.39 is 0 Å². The maximum atomic E-state index is 14.1. The van der Waals surface area contributed by atoms with E-state index in [1.54, 1.807) is 12.1 Å². The molecule has 1 amide bonds. The van der Waals surface area contributed by atoms with E-state index in [4.69, 9.17) is 0 Å². The highest BCUT2D eigenvalue weighted by atomic mass is 19.1. The van der Waals surface area contributed by atoms with Crippen LogP contribution < -0.4 is 16.2 Å². The molecule has 24 heavy (non-hydrogen) atoms. The summed E-state index contributed by atoms with van der Waals surface area (Å²) in [5.74, 6) is 0.314. The van der Waals surface area contributed by atoms with Crippen molar-refractivity contribution in [1.82, 2.24) is 21.1 Å². The van der Waals surface area contributed by atoms with Crippen molar-refractivity contribution in [3.05, 3.63) is 35.6 Å². The zero-order valence-corrected chi connectivity index (χ0v) is 14.2. The Balaban J connectivity index is 1.61. The van der Waals surface area contributed by atoms with Crippen molar-refractivity contribution in [2.45, 2.75) is 25.3 Å². The van der Waals surface area contributed by atoms with Gasteiger partial charge in [0.25, 0.3) is 0 Å². The number of nitrogens with one attached hydrogen (secondary N) is 3. The highest BCUT2D eigenvalue weighted by molar-refractivity contribution is 5.80. The van der Waals surface area contributed by atoms with Gasteiger partial charge in [0.15, 0.2) is 0 Å². The summed E-state index contributed by atoms with van der Waals surface area (Å²) in [4.78, 5) is 14.9. The third kappa shape index (κ3) is 3.77. The Labute approximate surface area is 143 Å². The Morgan fingerprint density at radius 2 is 2.08 bits per heavy atom. The molecule has 3 N–H and O–H groups in total. The third-order valence-corrected chi connectivity index (χ3v) is 5.27. The van der Waals surface area contributed by atoms with E-state index in [9.17, 15) is 9.18 Å². The fourth-order valence-electron chi connectivity index (χ4n) is 3.77. The minimum atomic E-state index is -0.305. The molecule has 2 aliphatic heterocycles. The lowest BCUT2D eigenvalue weighted by molar-refractivity contribution is -0.136. The molecule has 0 aromatic heterocycles. The number of rotatable bonds is 5. The fraction of sp³-hybridized carbons (Fsp3) is 0.611. The molecular weight excluding hydrogens is 307 g/mol. The number of benzene rings is 1. The van der Waals surface area contributed by atoms with Gasteiger partial charge in [0.2, 0.25) is 5.91 Å². The van der Waals surface area contributed by atoms with Crippen LogP contribution in [0.25, 0.3) is 0 Å². The van der Waals surface area contributed by atoms with Crippen LogP contribution in [0.3, 0.4) is 0 Å². The molecule has 0 saturated carbocycles. The minimum Gasteiger partial charge on any atom is -0.342 e. The third-order valence-electron chi connectivity index (χ3n) is 5.27. The topological polar surface area (TPSA) is 56.4 Å². The first-order valence-corrected chi connectivity index (χ1v) is 8.87. The minimum absolute atomic E-state index is 0.132. The number of carbonyl (C=O) groups is 1. The molecule has 2 heterocycles. The Hall–Kier alpha value is -1.50. The zero-order valence-electron chi connectivity index (χ0n) is 14.2. The molecule has 1 aromatic carbocycles. The van der Waals surface area contributed by atoms with E-state index in [1.165, 1.54) is 12.5 Å². The molecule has 2 atom stereocenters. The quantitative estimate of drug-likeness (QED) is 0.763. The maximum Gasteiger partial charge on any atom is 0.229 e. The largest absolute Gasteiger partial charge is 0.342 e. The first-order chi connectivity index (χ1) is 11.7. The summed E-state index contributed by atoms with van der Waals surface area (Å²) in [6.45, 7) is 3.20. The molecular formula is C18H27FN4O. The lowest BCUT2D eigenvalue weighted by Gasteiger charge is -2.34. The van der Waals surface area contributed by atoms with Crippen LogP contribution in [0, 0.1) is 17.7 Å². The van der Waals surface area contributed by atoms with Gasteiger partial charge in [-0.2, -0.15) is 0 Å². The number of nitrogens with zero attached hydrogens (tertiary/aromatic N) is 1. The predicted molar refractivity (Wildman–Crippen MR) is 91.6 cm³/mol. The summed E-state index contributed by atoms with van der Waals surface area (Å²) in [5, 5.41) is 3.19. The van der Waals surface area contributed by atoms with E-state index in [1.807, 2.05) is 18.0 Å². The number of carbonyl (C=O) groups excluding carboxylic acids is 1. The summed E-state index contributed by atoms with van der Waals surface area (Å²) >= 11 is 0. The van der Waals surface area contributed by atoms with Crippen LogP contribution in [0.4, 0.5) is 4.39 Å². The standard InChI is InChI=1S/C18H27FN4O/c1-20-9-6-13-7-10-23(11-8-13)18(24)15-12-21-22-17(15)14-4-2-3-5-16(14)19/h2-5,13,15,17,20-22H,6-12H2,1H3. The normalized spacial score (nSPS) is 25.2. The number of amides is 1. The second kappa shape index (κ2) is 8.05. The molecule has 2 saturated heterocycles. The van der Waals surface area contributed by atoms with Crippen LogP contribution in [0.5, 0.6) is 0 Å². The van der Waals surface area contributed by atoms with Crippen molar-refractivity contribution in [3.63, 3.8) is 0 Å². The van der Waals surface area contributed by atoms with Gasteiger partial charge in [-0.25, -0.2) is 9.82 Å². The van der Waals surface area contributed by atoms with Crippen LogP contribution in [0.2, 0.25) is 0 Å². The fourth-order valence-corrected chi connectivity index (χ4v) is 3.77. The van der Waals surface area contributed by atoms with Gasteiger partial charge in [-0.3, -0.25) is 10.2 Å². The summed E-state index contributed by atoms with van der Waals surface area (Å²) < 4.78 is 14.1. The van der Waals surface area contributed by atoms with Crippen molar-refractivity contribution >= 4 is 5.91 Å². The molecule has 6 heteroatoms. The van der Waals surface area contributed by atoms with Crippen molar-refractivity contribution < 1.29 is 9.18 Å². The molecule has 3 rings (SSSR count). The van der Waals surface area contributed by atoms with Crippen LogP contribution in [0.1, 0.15) is 30.9 Å². The van der Waals surface area contributed by atoms with Gasteiger partial charge in [0.05, 0.1) is 12.0 Å². The van der Waals surface area contributed by atoms with E-state index in [-0.39, 0.29) is 23.7 Å². The van der Waals surface area contributed by atoms with Crippen LogP contribution in [-0.4, -0.2) is 44.0 Å². The van der Waals surface area contributed by atoms with Crippen molar-refractivity contribution in [3.8, 4) is 0 Å². The predicted octanol–water partition coefficient (Wildman–Crippen LogP) is 1.44. The van der Waals surface area contributed by atoms with Gasteiger partial charge in [0, 0.05) is 25.2 Å². The van der Waals surface area contributed by atoms with Gasteiger partial charge in [0.1, 0.15) is 5.82 Å². The second-order valence-electron chi connectivity index (χ2n) is 6.79. The van der Waals surface area contributed by atoms with Gasteiger partial charge in [-0.05, 0) is 44.8 Å². The monoisotopic (exact) mass is 334 g/mol. The van der Waals surface area contributed by atoms with E-state index in [0.29, 0.717) is 18.0 Å². The Morgan fingerprint density at radius 3 is 2.79 bits per heavy atom. The highest BCUT2D eigenvalue weighted by Gasteiger charge is 2.38. The zero-order chi connectivity index (χ0) is 16.9. The van der Waals surface area contributed by atoms with E-state index in [2.05, 4.69) is 16.2 Å². The van der Waals surface area contributed by atoms with Gasteiger partial charge in [-0.1, -0.05) is 18.2 Å². The Kier molecular flexibility index (Phi) is 5.81. The molecule has 2 unspecified atom stereocenters. The average Bonchev–Trinajstić information content (AvgIpc) is 3.09. The van der Waals surface area contributed by atoms with Crippen LogP contribution in [0.15, 0.2) is 24.3 Å². The first-order valence-electron chi connectivity index (χ1n) is 8.87. The van der Waals surface area contributed by atoms with Crippen molar-refractivity contribution in [2.24, 2.45) is 11.8 Å². The maximum absolute atomic E-state index is 14.1. The molecule has 0 bridgehead atoms. The van der Waals surface area contributed by atoms with Crippen LogP contribution in [-0.2, 0) is 4.79 Å². The number of hydrogen-bond acceptors (Lipinski definition) is 4. The Bertz CT molecular complexity index is 560. The van der Waals surface area contributed by atoms with Gasteiger partial charge in [-0.15, -0.1) is 0 Å². The molecule has 2 fully saturated rings. The highest BCUT2D eigenvalue weighted by Crippen LogP contribution is 2.30. The van der Waals surface area contributed by atoms with Gasteiger partial charge >= 0.3 is 0 Å². The summed E-state index contributed by atoms with van der Waals surface area (Å²) in [6.07, 6.45) is 3.29. The SMILES string of the molecule is CNCCC1CCN(C(=O)C2CNNC2c2ccccc2F)CC1. The molecule has 1 aromatic rings. The van der Waals surface area contributed by atoms with Gasteiger partial charge < -0.3 is 10.2 Å². The molecule has 0 spiro atoms. The van der Waals surface area contributed by atoms with E-state index >= 15 is 0 Å². The van der Waals surface area contributed by atoms with E-state index in [0.717, 1.165) is 32.5 Å². The van der Waals surface area contributed by atoms with Crippen LogP contribution >= 0.6 is 0 Å². The smallest absolute Gasteiger partial charge is 0.229 e. The Morgan fingerprint density at radius 1 is 1.33 bits per heavy atom. The van der Waals surface area contributed by atoms with Crippen molar-refractivity contribution in [1.29, 1.82) is 0 Å². The number of likely N-dealkylation sites (tertiary alicyclic amines) is 1. The number of hydrogen-bond donors (Lipinski definition) is 3. The van der Waals surface area contributed by atoms with Crippen molar-refractivity contribution in [2.75, 3.05) is 33.2 Å². The molecule has 0 aliphatic carbocycles. The summed E-state index contributed by atoms with van der Waals surface area (Å²) in [5.41, 5.74) is 6.67. The number of piperidine rings is 1. The molecule has 0 radical (unpaired) electrons. The lowest BCUT2D eigenvalue weighted by Crippen LogP contribution is -2.44. The molecule has 5 nitrogen and oxygen atoms in total. The summed E-state index contributed by atoms with van der Waals surface area (Å²) in [6, 6.07) is 6.39.